The van der Waals surface area contributed by atoms with Crippen molar-refractivity contribution in [1.29, 1.82) is 0 Å². The summed E-state index contributed by atoms with van der Waals surface area (Å²) in [6.45, 7) is 8.12. The zero-order valence-electron chi connectivity index (χ0n) is 16.6. The molecule has 4 rings (SSSR count). The molecule has 1 aromatic rings. The molecule has 3 aliphatic heterocycles. The molecule has 0 radical (unpaired) electrons. The summed E-state index contributed by atoms with van der Waals surface area (Å²) in [7, 11) is 2.22. The molecule has 1 aromatic carbocycles. The van der Waals surface area contributed by atoms with Gasteiger partial charge in [-0.3, -0.25) is 9.69 Å². The second-order valence-electron chi connectivity index (χ2n) is 8.52. The standard InChI is InChI=1S/C22H33N3O2/c1-23-9-6-18(7-10-23)17-24-11-13-25(14-12-24)22(26)20-8-15-27-21-5-3-2-4-19(21)16-20/h2-5,18,20H,6-17H2,1H3. The van der Waals surface area contributed by atoms with E-state index in [0.717, 1.165) is 50.7 Å². The molecular formula is C22H33N3O2. The topological polar surface area (TPSA) is 36.0 Å². The van der Waals surface area contributed by atoms with Crippen LogP contribution in [0.15, 0.2) is 24.3 Å². The number of carbonyl (C=O) groups is 1. The van der Waals surface area contributed by atoms with E-state index in [4.69, 9.17) is 4.74 Å². The lowest BCUT2D eigenvalue weighted by Crippen LogP contribution is -2.52. The molecule has 2 saturated heterocycles. The van der Waals surface area contributed by atoms with E-state index >= 15 is 0 Å². The van der Waals surface area contributed by atoms with Gasteiger partial charge in [0.2, 0.25) is 5.91 Å². The van der Waals surface area contributed by atoms with Gasteiger partial charge in [0, 0.05) is 38.6 Å². The summed E-state index contributed by atoms with van der Waals surface area (Å²) < 4.78 is 5.84. The second kappa shape index (κ2) is 8.61. The number of benzene rings is 1. The Morgan fingerprint density at radius 1 is 1.04 bits per heavy atom. The van der Waals surface area contributed by atoms with Crippen molar-refractivity contribution in [1.82, 2.24) is 14.7 Å². The highest BCUT2D eigenvalue weighted by atomic mass is 16.5. The number of hydrogen-bond donors (Lipinski definition) is 0. The molecule has 3 heterocycles. The smallest absolute Gasteiger partial charge is 0.226 e. The van der Waals surface area contributed by atoms with Crippen LogP contribution in [-0.4, -0.2) is 80.1 Å². The predicted octanol–water partition coefficient (Wildman–Crippen LogP) is 2.11. The summed E-state index contributed by atoms with van der Waals surface area (Å²) in [6.07, 6.45) is 4.27. The van der Waals surface area contributed by atoms with Gasteiger partial charge in [0.25, 0.3) is 0 Å². The van der Waals surface area contributed by atoms with Gasteiger partial charge in [-0.2, -0.15) is 0 Å². The van der Waals surface area contributed by atoms with Crippen LogP contribution < -0.4 is 4.74 Å². The van der Waals surface area contributed by atoms with Crippen molar-refractivity contribution >= 4 is 5.91 Å². The monoisotopic (exact) mass is 371 g/mol. The largest absolute Gasteiger partial charge is 0.493 e. The zero-order valence-corrected chi connectivity index (χ0v) is 16.6. The molecule has 0 aromatic heterocycles. The molecule has 1 amide bonds. The van der Waals surface area contributed by atoms with Gasteiger partial charge < -0.3 is 14.5 Å². The van der Waals surface area contributed by atoms with Crippen molar-refractivity contribution in [2.24, 2.45) is 11.8 Å². The number of para-hydroxylation sites is 1. The first kappa shape index (κ1) is 18.8. The second-order valence-corrected chi connectivity index (χ2v) is 8.52. The third-order valence-electron chi connectivity index (χ3n) is 6.55. The van der Waals surface area contributed by atoms with Crippen LogP contribution in [0.1, 0.15) is 24.8 Å². The summed E-state index contributed by atoms with van der Waals surface area (Å²) >= 11 is 0. The number of amides is 1. The number of piperidine rings is 1. The van der Waals surface area contributed by atoms with Crippen molar-refractivity contribution in [2.75, 3.05) is 59.5 Å². The molecule has 0 bridgehead atoms. The summed E-state index contributed by atoms with van der Waals surface area (Å²) in [5, 5.41) is 0. The number of carbonyl (C=O) groups excluding carboxylic acids is 1. The number of fused-ring (bicyclic) bond motifs is 1. The Hall–Kier alpha value is -1.59. The van der Waals surface area contributed by atoms with Gasteiger partial charge in [-0.1, -0.05) is 18.2 Å². The summed E-state index contributed by atoms with van der Waals surface area (Å²) in [5.41, 5.74) is 1.18. The Morgan fingerprint density at radius 2 is 1.78 bits per heavy atom. The SMILES string of the molecule is CN1CCC(CN2CCN(C(=O)C3CCOc4ccccc4C3)CC2)CC1. The van der Waals surface area contributed by atoms with Gasteiger partial charge in [-0.05, 0) is 63.4 Å². The minimum Gasteiger partial charge on any atom is -0.493 e. The van der Waals surface area contributed by atoms with Crippen LogP contribution >= 0.6 is 0 Å². The van der Waals surface area contributed by atoms with Crippen molar-refractivity contribution in [3.8, 4) is 5.75 Å². The molecule has 0 aliphatic carbocycles. The summed E-state index contributed by atoms with van der Waals surface area (Å²) in [6, 6.07) is 8.16. The maximum atomic E-state index is 13.1. The predicted molar refractivity (Wildman–Crippen MR) is 107 cm³/mol. The molecule has 3 aliphatic rings. The molecule has 2 fully saturated rings. The van der Waals surface area contributed by atoms with Gasteiger partial charge in [-0.15, -0.1) is 0 Å². The molecule has 5 nitrogen and oxygen atoms in total. The maximum Gasteiger partial charge on any atom is 0.226 e. The van der Waals surface area contributed by atoms with E-state index in [9.17, 15) is 4.79 Å². The molecule has 1 atom stereocenters. The molecule has 5 heteroatoms. The number of ether oxygens (including phenoxy) is 1. The van der Waals surface area contributed by atoms with Crippen LogP contribution in [0.5, 0.6) is 5.75 Å². The highest BCUT2D eigenvalue weighted by Crippen LogP contribution is 2.28. The quantitative estimate of drug-likeness (QED) is 0.815. The van der Waals surface area contributed by atoms with E-state index in [2.05, 4.69) is 27.8 Å². The van der Waals surface area contributed by atoms with E-state index in [0.29, 0.717) is 12.5 Å². The molecule has 0 N–H and O–H groups in total. The van der Waals surface area contributed by atoms with Gasteiger partial charge in [0.05, 0.1) is 6.61 Å². The Bertz CT molecular complexity index is 634. The minimum atomic E-state index is 0.0640. The van der Waals surface area contributed by atoms with E-state index in [1.54, 1.807) is 0 Å². The lowest BCUT2D eigenvalue weighted by Gasteiger charge is -2.39. The molecular weight excluding hydrogens is 338 g/mol. The van der Waals surface area contributed by atoms with Crippen LogP contribution in [0.2, 0.25) is 0 Å². The summed E-state index contributed by atoms with van der Waals surface area (Å²) in [5.74, 6) is 2.18. The van der Waals surface area contributed by atoms with Gasteiger partial charge in [0.15, 0.2) is 0 Å². The normalized spacial score (nSPS) is 25.5. The highest BCUT2D eigenvalue weighted by molar-refractivity contribution is 5.79. The number of hydrogen-bond acceptors (Lipinski definition) is 4. The number of nitrogens with zero attached hydrogens (tertiary/aromatic N) is 3. The van der Waals surface area contributed by atoms with Crippen LogP contribution in [0.3, 0.4) is 0 Å². The van der Waals surface area contributed by atoms with Crippen LogP contribution in [-0.2, 0) is 11.2 Å². The van der Waals surface area contributed by atoms with E-state index in [-0.39, 0.29) is 5.92 Å². The average Bonchev–Trinajstić information content (AvgIpc) is 2.92. The zero-order chi connectivity index (χ0) is 18.6. The molecule has 0 saturated carbocycles. The fraction of sp³-hybridized carbons (Fsp3) is 0.682. The number of piperazine rings is 1. The Kier molecular flexibility index (Phi) is 5.98. The van der Waals surface area contributed by atoms with Gasteiger partial charge in [0.1, 0.15) is 5.75 Å². The lowest BCUT2D eigenvalue weighted by molar-refractivity contribution is -0.137. The number of rotatable bonds is 3. The maximum absolute atomic E-state index is 13.1. The van der Waals surface area contributed by atoms with Crippen molar-refractivity contribution in [3.05, 3.63) is 29.8 Å². The number of likely N-dealkylation sites (tertiary alicyclic amines) is 1. The molecule has 148 valence electrons. The van der Waals surface area contributed by atoms with Gasteiger partial charge in [-0.25, -0.2) is 0 Å². The average molecular weight is 372 g/mol. The van der Waals surface area contributed by atoms with Crippen molar-refractivity contribution in [3.63, 3.8) is 0 Å². The van der Waals surface area contributed by atoms with Crippen molar-refractivity contribution < 1.29 is 9.53 Å². The molecule has 27 heavy (non-hydrogen) atoms. The van der Waals surface area contributed by atoms with Crippen LogP contribution in [0, 0.1) is 11.8 Å². The van der Waals surface area contributed by atoms with Crippen molar-refractivity contribution in [2.45, 2.75) is 25.7 Å². The van der Waals surface area contributed by atoms with E-state index in [1.165, 1.54) is 38.0 Å². The third kappa shape index (κ3) is 4.64. The minimum absolute atomic E-state index is 0.0640. The van der Waals surface area contributed by atoms with E-state index in [1.807, 2.05) is 18.2 Å². The Morgan fingerprint density at radius 3 is 2.56 bits per heavy atom. The highest BCUT2D eigenvalue weighted by Gasteiger charge is 2.30. The molecule has 0 spiro atoms. The van der Waals surface area contributed by atoms with E-state index < -0.39 is 0 Å². The first-order valence-corrected chi connectivity index (χ1v) is 10.6. The fourth-order valence-electron chi connectivity index (χ4n) is 4.72. The Balaban J connectivity index is 1.27. The van der Waals surface area contributed by atoms with Gasteiger partial charge >= 0.3 is 0 Å². The third-order valence-corrected chi connectivity index (χ3v) is 6.55. The Labute approximate surface area is 163 Å². The first-order chi connectivity index (χ1) is 13.2. The fourth-order valence-corrected chi connectivity index (χ4v) is 4.72. The lowest BCUT2D eigenvalue weighted by atomic mass is 9.94. The summed E-state index contributed by atoms with van der Waals surface area (Å²) in [4.78, 5) is 20.2. The first-order valence-electron chi connectivity index (χ1n) is 10.6. The van der Waals surface area contributed by atoms with Crippen LogP contribution in [0.25, 0.3) is 0 Å². The molecule has 1 unspecified atom stereocenters. The van der Waals surface area contributed by atoms with Crippen LogP contribution in [0.4, 0.5) is 0 Å².